The van der Waals surface area contributed by atoms with Crippen LogP contribution < -0.4 is 44.7 Å². The van der Waals surface area contributed by atoms with Gasteiger partial charge in [-0.15, -0.1) is 4.40 Å². The Morgan fingerprint density at radius 1 is 1.16 bits per heavy atom. The van der Waals surface area contributed by atoms with Crippen molar-refractivity contribution in [2.75, 3.05) is 15.8 Å². The van der Waals surface area contributed by atoms with Gasteiger partial charge in [0.05, 0.1) is 22.4 Å². The maximum atomic E-state index is 13.8. The van der Waals surface area contributed by atoms with Crippen molar-refractivity contribution in [3.05, 3.63) is 59.2 Å². The van der Waals surface area contributed by atoms with Gasteiger partial charge >= 0.3 is 29.6 Å². The zero-order chi connectivity index (χ0) is 26.5. The molecule has 0 radical (unpaired) electrons. The zero-order valence-corrected chi connectivity index (χ0v) is 25.1. The van der Waals surface area contributed by atoms with Crippen LogP contribution in [0.1, 0.15) is 51.7 Å². The summed E-state index contributed by atoms with van der Waals surface area (Å²) >= 11 is 0. The van der Waals surface area contributed by atoms with E-state index < -0.39 is 37.0 Å². The summed E-state index contributed by atoms with van der Waals surface area (Å²) in [5, 5.41) is 16.3. The van der Waals surface area contributed by atoms with Gasteiger partial charge < -0.3 is 10.4 Å². The van der Waals surface area contributed by atoms with Crippen LogP contribution in [0.3, 0.4) is 0 Å². The zero-order valence-electron chi connectivity index (χ0n) is 21.5. The first-order valence-corrected chi connectivity index (χ1v) is 14.7. The van der Waals surface area contributed by atoms with E-state index in [1.165, 1.54) is 19.1 Å². The second-order valence-electron chi connectivity index (χ2n) is 9.60. The first-order chi connectivity index (χ1) is 16.8. The molecule has 2 aromatic carbocycles. The van der Waals surface area contributed by atoms with Crippen LogP contribution in [-0.4, -0.2) is 34.2 Å². The van der Waals surface area contributed by atoms with E-state index in [0.717, 1.165) is 12.5 Å². The van der Waals surface area contributed by atoms with Crippen molar-refractivity contribution in [2.45, 2.75) is 50.8 Å². The van der Waals surface area contributed by atoms with E-state index in [0.29, 0.717) is 23.5 Å². The summed E-state index contributed by atoms with van der Waals surface area (Å²) in [6, 6.07) is 10.8. The maximum absolute atomic E-state index is 13.8. The number of nitrogens with zero attached hydrogens (tertiary/aromatic N) is 1. The average molecular weight is 554 g/mol. The number of amidine groups is 1. The quantitative estimate of drug-likeness (QED) is 0.460. The molecule has 192 valence electrons. The topological polar surface area (TPSA) is 145 Å². The Morgan fingerprint density at radius 3 is 2.49 bits per heavy atom. The van der Waals surface area contributed by atoms with E-state index in [-0.39, 0.29) is 63.0 Å². The summed E-state index contributed by atoms with van der Waals surface area (Å²) in [5.41, 5.74) is -0.208. The van der Waals surface area contributed by atoms with Crippen LogP contribution in [-0.2, 0) is 30.3 Å². The summed E-state index contributed by atoms with van der Waals surface area (Å²) in [5.74, 6) is -1.26. The van der Waals surface area contributed by atoms with Crippen molar-refractivity contribution in [3.63, 3.8) is 0 Å². The van der Waals surface area contributed by atoms with E-state index in [9.17, 15) is 26.7 Å². The van der Waals surface area contributed by atoms with Gasteiger partial charge in [-0.05, 0) is 61.9 Å². The van der Waals surface area contributed by atoms with Gasteiger partial charge in [-0.2, -0.15) is 8.42 Å². The van der Waals surface area contributed by atoms with Gasteiger partial charge in [0.15, 0.2) is 11.6 Å². The predicted molar refractivity (Wildman–Crippen MR) is 138 cm³/mol. The Hall–Kier alpha value is -2.18. The molecule has 0 amide bonds. The number of rotatable bonds is 7. The van der Waals surface area contributed by atoms with Gasteiger partial charge in [-0.3, -0.25) is 9.52 Å². The Balaban J connectivity index is 0.00000380. The SMILES string of the molecule is CCS(=O)(=O)Nc1ccc2c(c1)S(=O)(=O)N=C(C1=C([O-])c3ccccc3[C@@](C)(CCC(C)C)C1=O)N2.[Na+]. The number of hydrogen-bond donors (Lipinski definition) is 2. The van der Waals surface area contributed by atoms with E-state index in [2.05, 4.69) is 14.4 Å². The molecule has 0 bridgehead atoms. The molecule has 0 fully saturated rings. The summed E-state index contributed by atoms with van der Waals surface area (Å²) < 4.78 is 56.1. The minimum atomic E-state index is -4.35. The van der Waals surface area contributed by atoms with Crippen molar-refractivity contribution in [1.29, 1.82) is 0 Å². The molecule has 1 aliphatic heterocycles. The number of ketones is 1. The molecule has 4 rings (SSSR count). The molecule has 2 aromatic rings. The standard InChI is InChI=1S/C25H29N3O6S2.Na/c1-5-35(31,32)27-16-10-11-19-20(14-16)36(33,34)28-24(26-19)21-22(29)17-8-6-7-9-18(17)25(4,23(21)30)13-12-15(2)3;/h6-11,14-15,27,29H,5,12-13H2,1-4H3,(H,26,28);/q;+1/p-1/t25-;/m1./s1. The van der Waals surface area contributed by atoms with Crippen molar-refractivity contribution < 1.29 is 56.3 Å². The fourth-order valence-corrected chi connectivity index (χ4v) is 6.20. The third-order valence-electron chi connectivity index (χ3n) is 6.56. The molecule has 0 saturated heterocycles. The minimum absolute atomic E-state index is 0. The van der Waals surface area contributed by atoms with Gasteiger partial charge in [0.25, 0.3) is 10.0 Å². The van der Waals surface area contributed by atoms with Crippen molar-refractivity contribution in [1.82, 2.24) is 0 Å². The van der Waals surface area contributed by atoms with E-state index in [4.69, 9.17) is 0 Å². The number of carbonyl (C=O) groups is 1. The summed E-state index contributed by atoms with van der Waals surface area (Å²) in [6.45, 7) is 7.33. The molecule has 37 heavy (non-hydrogen) atoms. The van der Waals surface area contributed by atoms with E-state index in [1.807, 2.05) is 13.8 Å². The molecule has 1 atom stereocenters. The third kappa shape index (κ3) is 5.51. The number of anilines is 2. The van der Waals surface area contributed by atoms with Gasteiger partial charge in [-0.1, -0.05) is 43.9 Å². The van der Waals surface area contributed by atoms with Gasteiger partial charge in [0, 0.05) is 5.69 Å². The van der Waals surface area contributed by atoms with Crippen LogP contribution in [0, 0.1) is 5.92 Å². The number of nitrogens with one attached hydrogen (secondary N) is 2. The molecular formula is C25H28N3NaO6S2. The Morgan fingerprint density at radius 2 is 1.84 bits per heavy atom. The average Bonchev–Trinajstić information content (AvgIpc) is 2.81. The van der Waals surface area contributed by atoms with E-state index >= 15 is 0 Å². The molecule has 9 nitrogen and oxygen atoms in total. The van der Waals surface area contributed by atoms with Crippen LogP contribution in [0.5, 0.6) is 0 Å². The predicted octanol–water partition coefficient (Wildman–Crippen LogP) is 0.0131. The van der Waals surface area contributed by atoms with Crippen molar-refractivity contribution in [2.24, 2.45) is 10.3 Å². The Bertz CT molecular complexity index is 1530. The second kappa shape index (κ2) is 10.5. The molecule has 0 saturated carbocycles. The van der Waals surface area contributed by atoms with E-state index in [1.54, 1.807) is 31.2 Å². The van der Waals surface area contributed by atoms with Gasteiger partial charge in [0.2, 0.25) is 10.0 Å². The van der Waals surface area contributed by atoms with Gasteiger partial charge in [0.1, 0.15) is 4.90 Å². The Kier molecular flexibility index (Phi) is 8.36. The van der Waals surface area contributed by atoms with Crippen LogP contribution in [0.15, 0.2) is 57.3 Å². The fraction of sp³-hybridized carbons (Fsp3) is 0.360. The van der Waals surface area contributed by atoms with Crippen LogP contribution in [0.4, 0.5) is 11.4 Å². The van der Waals surface area contributed by atoms with Crippen LogP contribution in [0.2, 0.25) is 0 Å². The monoisotopic (exact) mass is 553 g/mol. The molecule has 1 heterocycles. The van der Waals surface area contributed by atoms with Gasteiger partial charge in [-0.25, -0.2) is 8.42 Å². The van der Waals surface area contributed by atoms with Crippen molar-refractivity contribution >= 4 is 48.8 Å². The number of hydrogen-bond acceptors (Lipinski definition) is 7. The minimum Gasteiger partial charge on any atom is -0.871 e. The number of sulfonamides is 2. The molecule has 2 N–H and O–H groups in total. The first kappa shape index (κ1) is 29.4. The number of fused-ring (bicyclic) bond motifs is 2. The molecule has 2 aliphatic rings. The molecule has 1 aliphatic carbocycles. The van der Waals surface area contributed by atoms with Crippen LogP contribution in [0.25, 0.3) is 5.76 Å². The number of carbonyl (C=O) groups excluding carboxylic acids is 1. The Labute approximate surface area is 239 Å². The molecule has 0 unspecified atom stereocenters. The summed E-state index contributed by atoms with van der Waals surface area (Å²) in [4.78, 5) is 13.6. The van der Waals surface area contributed by atoms with Crippen molar-refractivity contribution in [3.8, 4) is 0 Å². The molecule has 0 aromatic heterocycles. The molecule has 0 spiro atoms. The normalized spacial score (nSPS) is 20.4. The first-order valence-electron chi connectivity index (χ1n) is 11.6. The number of benzene rings is 2. The summed E-state index contributed by atoms with van der Waals surface area (Å²) in [7, 11) is -7.97. The maximum Gasteiger partial charge on any atom is 1.00 e. The summed E-state index contributed by atoms with van der Waals surface area (Å²) in [6.07, 6.45) is 1.21. The smallest absolute Gasteiger partial charge is 0.871 e. The molecule has 12 heteroatoms. The second-order valence-corrected chi connectivity index (χ2v) is 13.2. The fourth-order valence-electron chi connectivity index (χ4n) is 4.42. The molecular weight excluding hydrogens is 525 g/mol. The third-order valence-corrected chi connectivity index (χ3v) is 9.18. The number of Topliss-reactive ketones (excluding diaryl/α,β-unsaturated/α-hetero) is 1. The largest absolute Gasteiger partial charge is 1.00 e. The van der Waals surface area contributed by atoms with Crippen LogP contribution >= 0.6 is 0 Å².